The van der Waals surface area contributed by atoms with Crippen LogP contribution in [0, 0.1) is 10.1 Å². The second-order valence-electron chi connectivity index (χ2n) is 3.12. The summed E-state index contributed by atoms with van der Waals surface area (Å²) in [4.78, 5) is 9.92. The first-order chi connectivity index (χ1) is 7.00. The molecule has 80 valence electrons. The lowest BCUT2D eigenvalue weighted by Crippen LogP contribution is -1.98. The van der Waals surface area contributed by atoms with Gasteiger partial charge < -0.3 is 4.74 Å². The Hall–Kier alpha value is -1.55. The van der Waals surface area contributed by atoms with Crippen molar-refractivity contribution in [1.82, 2.24) is 0 Å². The molecule has 0 spiro atoms. The maximum absolute atomic E-state index is 10.4. The van der Waals surface area contributed by atoms with Crippen molar-refractivity contribution in [1.29, 1.82) is 0 Å². The number of nitrogens with zero attached hydrogens (tertiary/aromatic N) is 1. The van der Waals surface area contributed by atoms with Crippen molar-refractivity contribution in [2.45, 2.75) is 6.92 Å². The average molecular weight is 228 g/mol. The van der Waals surface area contributed by atoms with Gasteiger partial charge in [0.25, 0.3) is 5.69 Å². The molecule has 0 saturated carbocycles. The first kappa shape index (κ1) is 11.5. The number of benzene rings is 1. The van der Waals surface area contributed by atoms with Crippen LogP contribution in [0.5, 0.6) is 5.75 Å². The maximum Gasteiger partial charge on any atom is 0.271 e. The van der Waals surface area contributed by atoms with E-state index < -0.39 is 4.92 Å². The van der Waals surface area contributed by atoms with Crippen molar-refractivity contribution < 1.29 is 9.66 Å². The van der Waals surface area contributed by atoms with Crippen molar-refractivity contribution in [3.05, 3.63) is 45.5 Å². The Bertz CT molecular complexity index is 404. The third kappa shape index (κ3) is 3.25. The van der Waals surface area contributed by atoms with Crippen LogP contribution in [0.4, 0.5) is 5.69 Å². The van der Waals surface area contributed by atoms with Crippen LogP contribution in [0.3, 0.4) is 0 Å². The summed E-state index contributed by atoms with van der Waals surface area (Å²) in [6.45, 7) is 5.83. The van der Waals surface area contributed by atoms with Crippen LogP contribution < -0.4 is 4.74 Å². The normalized spacial score (nSPS) is 9.73. The van der Waals surface area contributed by atoms with Crippen molar-refractivity contribution in [3.8, 4) is 5.75 Å². The Balaban J connectivity index is 2.83. The number of hydrogen-bond acceptors (Lipinski definition) is 3. The molecule has 1 aromatic carbocycles. The lowest BCUT2D eigenvalue weighted by molar-refractivity contribution is -0.384. The summed E-state index contributed by atoms with van der Waals surface area (Å²) in [6.07, 6.45) is 0. The van der Waals surface area contributed by atoms with Crippen LogP contribution in [-0.2, 0) is 0 Å². The Labute approximate surface area is 92.3 Å². The summed E-state index contributed by atoms with van der Waals surface area (Å²) in [5, 5.41) is 10.6. The van der Waals surface area contributed by atoms with Gasteiger partial charge in [-0.1, -0.05) is 18.2 Å². The molecule has 1 aromatic rings. The molecule has 15 heavy (non-hydrogen) atoms. The highest BCUT2D eigenvalue weighted by atomic mass is 35.5. The third-order valence-corrected chi connectivity index (χ3v) is 1.90. The number of halogens is 1. The summed E-state index contributed by atoms with van der Waals surface area (Å²) in [5.74, 6) is 0.422. The molecule has 0 fully saturated rings. The first-order valence-corrected chi connectivity index (χ1v) is 4.59. The van der Waals surface area contributed by atoms with Gasteiger partial charge in [-0.05, 0) is 18.6 Å². The second kappa shape index (κ2) is 4.79. The van der Waals surface area contributed by atoms with E-state index >= 15 is 0 Å². The smallest absolute Gasteiger partial charge is 0.271 e. The molecule has 0 unspecified atom stereocenters. The number of nitro benzene ring substituents is 1. The Morgan fingerprint density at radius 2 is 2.33 bits per heavy atom. The zero-order valence-corrected chi connectivity index (χ0v) is 8.95. The number of hydrogen-bond donors (Lipinski definition) is 0. The summed E-state index contributed by atoms with van der Waals surface area (Å²) < 4.78 is 5.28. The lowest BCUT2D eigenvalue weighted by atomic mass is 10.3. The second-order valence-corrected chi connectivity index (χ2v) is 3.52. The molecule has 0 atom stereocenters. The van der Waals surface area contributed by atoms with E-state index in [0.29, 0.717) is 12.4 Å². The largest absolute Gasteiger partial charge is 0.488 e. The minimum Gasteiger partial charge on any atom is -0.488 e. The molecule has 0 aliphatic rings. The molecule has 1 rings (SSSR count). The molecule has 0 aliphatic carbocycles. The molecule has 0 bridgehead atoms. The summed E-state index contributed by atoms with van der Waals surface area (Å²) in [5.41, 5.74) is 0.798. The van der Waals surface area contributed by atoms with E-state index in [2.05, 4.69) is 6.58 Å². The Kier molecular flexibility index (Phi) is 3.68. The Morgan fingerprint density at radius 3 is 2.80 bits per heavy atom. The van der Waals surface area contributed by atoms with E-state index in [1.165, 1.54) is 18.2 Å². The highest BCUT2D eigenvalue weighted by Crippen LogP contribution is 2.28. The fourth-order valence-corrected chi connectivity index (χ4v) is 1.15. The summed E-state index contributed by atoms with van der Waals surface area (Å²) in [6, 6.07) is 4.08. The summed E-state index contributed by atoms with van der Waals surface area (Å²) >= 11 is 5.80. The van der Waals surface area contributed by atoms with Crippen LogP contribution in [0.15, 0.2) is 30.4 Å². The third-order valence-electron chi connectivity index (χ3n) is 1.60. The molecule has 0 saturated heterocycles. The van der Waals surface area contributed by atoms with E-state index in [-0.39, 0.29) is 10.7 Å². The van der Waals surface area contributed by atoms with E-state index in [1.807, 2.05) is 6.92 Å². The average Bonchev–Trinajstić information content (AvgIpc) is 2.15. The fourth-order valence-electron chi connectivity index (χ4n) is 0.921. The monoisotopic (exact) mass is 227 g/mol. The van der Waals surface area contributed by atoms with Gasteiger partial charge in [-0.25, -0.2) is 0 Å². The predicted octanol–water partition coefficient (Wildman–Crippen LogP) is 3.20. The molecule has 4 nitrogen and oxygen atoms in total. The quantitative estimate of drug-likeness (QED) is 0.451. The predicted molar refractivity (Wildman–Crippen MR) is 58.4 cm³/mol. The van der Waals surface area contributed by atoms with Crippen LogP contribution in [0.1, 0.15) is 6.92 Å². The molecule has 0 radical (unpaired) electrons. The molecule has 0 aromatic heterocycles. The van der Waals surface area contributed by atoms with Gasteiger partial charge in [-0.3, -0.25) is 10.1 Å². The zero-order valence-electron chi connectivity index (χ0n) is 8.20. The van der Waals surface area contributed by atoms with E-state index in [0.717, 1.165) is 5.57 Å². The van der Waals surface area contributed by atoms with Gasteiger partial charge in [-0.2, -0.15) is 0 Å². The van der Waals surface area contributed by atoms with Gasteiger partial charge >= 0.3 is 0 Å². The van der Waals surface area contributed by atoms with E-state index in [1.54, 1.807) is 0 Å². The number of ether oxygens (including phenoxy) is 1. The van der Waals surface area contributed by atoms with Crippen LogP contribution in [0.25, 0.3) is 0 Å². The van der Waals surface area contributed by atoms with Crippen molar-refractivity contribution in [2.75, 3.05) is 6.61 Å². The van der Waals surface area contributed by atoms with Crippen LogP contribution >= 0.6 is 11.6 Å². The highest BCUT2D eigenvalue weighted by Gasteiger charge is 2.09. The van der Waals surface area contributed by atoms with Crippen LogP contribution in [0.2, 0.25) is 5.02 Å². The standard InChI is InChI=1S/C10H10ClNO3/c1-7(2)6-15-10-4-3-8(12(13)14)5-9(10)11/h3-5H,1,6H2,2H3. The SMILES string of the molecule is C=C(C)COc1ccc([N+](=O)[O-])cc1Cl. The minimum absolute atomic E-state index is 0.0531. The minimum atomic E-state index is -0.506. The lowest BCUT2D eigenvalue weighted by Gasteiger charge is -2.06. The number of nitro groups is 1. The van der Waals surface area contributed by atoms with Crippen molar-refractivity contribution in [2.24, 2.45) is 0 Å². The Morgan fingerprint density at radius 1 is 1.67 bits per heavy atom. The maximum atomic E-state index is 10.4. The van der Waals surface area contributed by atoms with Gasteiger partial charge in [-0.15, -0.1) is 0 Å². The molecule has 0 N–H and O–H groups in total. The molecular weight excluding hydrogens is 218 g/mol. The number of rotatable bonds is 4. The summed E-state index contributed by atoms with van der Waals surface area (Å²) in [7, 11) is 0. The zero-order chi connectivity index (χ0) is 11.4. The molecule has 0 aliphatic heterocycles. The van der Waals surface area contributed by atoms with Crippen molar-refractivity contribution in [3.63, 3.8) is 0 Å². The van der Waals surface area contributed by atoms with E-state index in [4.69, 9.17) is 16.3 Å². The first-order valence-electron chi connectivity index (χ1n) is 4.22. The molecule has 0 amide bonds. The fraction of sp³-hybridized carbons (Fsp3) is 0.200. The van der Waals surface area contributed by atoms with Gasteiger partial charge in [0.2, 0.25) is 0 Å². The van der Waals surface area contributed by atoms with Crippen molar-refractivity contribution >= 4 is 17.3 Å². The van der Waals surface area contributed by atoms with Gasteiger partial charge in [0.1, 0.15) is 12.4 Å². The van der Waals surface area contributed by atoms with Crippen LogP contribution in [-0.4, -0.2) is 11.5 Å². The van der Waals surface area contributed by atoms with Gasteiger partial charge in [0.05, 0.1) is 9.95 Å². The highest BCUT2D eigenvalue weighted by molar-refractivity contribution is 6.32. The van der Waals surface area contributed by atoms with E-state index in [9.17, 15) is 10.1 Å². The molecular formula is C10H10ClNO3. The molecule has 0 heterocycles. The topological polar surface area (TPSA) is 52.4 Å². The van der Waals surface area contributed by atoms with Gasteiger partial charge in [0.15, 0.2) is 0 Å². The van der Waals surface area contributed by atoms with Gasteiger partial charge in [0, 0.05) is 12.1 Å². The molecule has 5 heteroatoms. The number of non-ortho nitro benzene ring substituents is 1.